The summed E-state index contributed by atoms with van der Waals surface area (Å²) in [6.07, 6.45) is 5.85. The lowest BCUT2D eigenvalue weighted by Gasteiger charge is -2.20. The minimum Gasteiger partial charge on any atom is -0.374 e. The highest BCUT2D eigenvalue weighted by molar-refractivity contribution is 7.90. The Morgan fingerprint density at radius 1 is 1.14 bits per heavy atom. The summed E-state index contributed by atoms with van der Waals surface area (Å²) in [4.78, 5) is 21.5. The average Bonchev–Trinajstić information content (AvgIpc) is 3.67. The van der Waals surface area contributed by atoms with Crippen molar-refractivity contribution in [2.75, 3.05) is 25.5 Å². The standard InChI is InChI=1S/C24H28N8O3S/c1-35-19-13-16(14-28-22(19)25)20-21(32-23(31-20)15-5-3-2-4-6-15)18-9-10-26-24(30-18)27-11-12-29-36(33,34)17-7-8-17/h2-6,9-10,13-14,17,19,22,29H,7-8,11-12,25H2,1H3,(H,31,32)(H,26,27,30). The lowest BCUT2D eigenvalue weighted by molar-refractivity contribution is 0.120. The van der Waals surface area contributed by atoms with E-state index < -0.39 is 16.2 Å². The normalized spacial score (nSPS) is 19.8. The Balaban J connectivity index is 1.42. The first-order valence-electron chi connectivity index (χ1n) is 11.7. The van der Waals surface area contributed by atoms with E-state index in [1.165, 1.54) is 0 Å². The Bertz CT molecular complexity index is 1380. The third kappa shape index (κ3) is 5.36. The average molecular weight is 509 g/mol. The summed E-state index contributed by atoms with van der Waals surface area (Å²) in [5, 5.41) is 2.83. The molecule has 0 spiro atoms. The second-order valence-electron chi connectivity index (χ2n) is 8.60. The van der Waals surface area contributed by atoms with Crippen molar-refractivity contribution in [1.82, 2.24) is 24.7 Å². The molecule has 2 atom stereocenters. The predicted octanol–water partition coefficient (Wildman–Crippen LogP) is 1.79. The zero-order valence-corrected chi connectivity index (χ0v) is 20.6. The van der Waals surface area contributed by atoms with Gasteiger partial charge < -0.3 is 20.8 Å². The van der Waals surface area contributed by atoms with Gasteiger partial charge in [0.15, 0.2) is 0 Å². The number of hydrogen-bond acceptors (Lipinski definition) is 9. The highest BCUT2D eigenvalue weighted by Gasteiger charge is 2.35. The van der Waals surface area contributed by atoms with Crippen molar-refractivity contribution >= 4 is 27.8 Å². The summed E-state index contributed by atoms with van der Waals surface area (Å²) in [7, 11) is -1.63. The van der Waals surface area contributed by atoms with Crippen molar-refractivity contribution < 1.29 is 13.2 Å². The number of nitrogens with one attached hydrogen (secondary N) is 3. The first-order chi connectivity index (χ1) is 17.4. The van der Waals surface area contributed by atoms with Crippen LogP contribution in [-0.2, 0) is 14.8 Å². The molecule has 0 saturated heterocycles. The molecule has 3 aromatic rings. The number of allylic oxidation sites excluding steroid dienone is 1. The molecule has 1 saturated carbocycles. The van der Waals surface area contributed by atoms with Crippen molar-refractivity contribution in [2.45, 2.75) is 30.4 Å². The molecule has 1 aliphatic carbocycles. The molecule has 0 bridgehead atoms. The number of hydrogen-bond donors (Lipinski definition) is 4. The van der Waals surface area contributed by atoms with E-state index in [-0.39, 0.29) is 17.9 Å². The lowest BCUT2D eigenvalue weighted by Crippen LogP contribution is -2.35. The van der Waals surface area contributed by atoms with Gasteiger partial charge in [0.1, 0.15) is 23.8 Å². The fourth-order valence-corrected chi connectivity index (χ4v) is 5.24. The van der Waals surface area contributed by atoms with Gasteiger partial charge in [0.05, 0.1) is 16.6 Å². The summed E-state index contributed by atoms with van der Waals surface area (Å²) in [6.45, 7) is 0.601. The number of aromatic amines is 1. The zero-order valence-electron chi connectivity index (χ0n) is 19.8. The quantitative estimate of drug-likeness (QED) is 0.302. The molecule has 0 amide bonds. The van der Waals surface area contributed by atoms with Gasteiger partial charge in [0.25, 0.3) is 0 Å². The van der Waals surface area contributed by atoms with Gasteiger partial charge in [-0.3, -0.25) is 4.99 Å². The number of benzene rings is 1. The Labute approximate surface area is 209 Å². The Morgan fingerprint density at radius 2 is 1.94 bits per heavy atom. The van der Waals surface area contributed by atoms with E-state index in [0.717, 1.165) is 29.7 Å². The van der Waals surface area contributed by atoms with Gasteiger partial charge in [-0.05, 0) is 25.0 Å². The van der Waals surface area contributed by atoms with Gasteiger partial charge in [-0.25, -0.2) is 28.1 Å². The first-order valence-corrected chi connectivity index (χ1v) is 13.2. The van der Waals surface area contributed by atoms with Crippen LogP contribution in [0.15, 0.2) is 53.7 Å². The van der Waals surface area contributed by atoms with Crippen LogP contribution in [0, 0.1) is 0 Å². The molecule has 0 radical (unpaired) electrons. The number of imidazole rings is 1. The second-order valence-corrected chi connectivity index (χ2v) is 10.6. The third-order valence-corrected chi connectivity index (χ3v) is 7.91. The van der Waals surface area contributed by atoms with E-state index in [9.17, 15) is 8.42 Å². The number of aliphatic imine (C=N–C) groups is 1. The van der Waals surface area contributed by atoms with Crippen molar-refractivity contribution in [3.05, 3.63) is 54.4 Å². The maximum Gasteiger partial charge on any atom is 0.223 e. The van der Waals surface area contributed by atoms with Crippen LogP contribution < -0.4 is 15.8 Å². The van der Waals surface area contributed by atoms with E-state index in [2.05, 4.69) is 30.0 Å². The van der Waals surface area contributed by atoms with E-state index in [1.54, 1.807) is 25.6 Å². The highest BCUT2D eigenvalue weighted by atomic mass is 32.2. The van der Waals surface area contributed by atoms with Crippen molar-refractivity contribution in [3.63, 3.8) is 0 Å². The number of nitrogens with zero attached hydrogens (tertiary/aromatic N) is 4. The Hall–Kier alpha value is -3.45. The molecule has 1 aliphatic heterocycles. The molecule has 2 aliphatic rings. The van der Waals surface area contributed by atoms with Gasteiger partial charge in [0, 0.05) is 43.7 Å². The van der Waals surface area contributed by atoms with Gasteiger partial charge in [-0.1, -0.05) is 30.3 Å². The summed E-state index contributed by atoms with van der Waals surface area (Å²) in [5.41, 5.74) is 9.69. The monoisotopic (exact) mass is 508 g/mol. The van der Waals surface area contributed by atoms with Crippen molar-refractivity contribution in [3.8, 4) is 22.8 Å². The number of dihydropyridines is 1. The SMILES string of the molecule is COC1C=C(c2[nH]c(-c3ccccc3)nc2-c2ccnc(NCCNS(=O)(=O)C3CC3)n2)C=NC1N. The molecule has 2 aromatic heterocycles. The molecule has 3 heterocycles. The third-order valence-electron chi connectivity index (χ3n) is 5.95. The predicted molar refractivity (Wildman–Crippen MR) is 139 cm³/mol. The summed E-state index contributed by atoms with van der Waals surface area (Å²) in [6, 6.07) is 11.6. The molecule has 11 nitrogen and oxygen atoms in total. The molecule has 5 rings (SSSR count). The zero-order chi connectivity index (χ0) is 25.1. The minimum absolute atomic E-state index is 0.250. The topological polar surface area (TPSA) is 160 Å². The number of aromatic nitrogens is 4. The van der Waals surface area contributed by atoms with Crippen LogP contribution >= 0.6 is 0 Å². The molecular weight excluding hydrogens is 480 g/mol. The number of sulfonamides is 1. The van der Waals surface area contributed by atoms with Crippen LogP contribution in [0.1, 0.15) is 18.5 Å². The van der Waals surface area contributed by atoms with E-state index >= 15 is 0 Å². The fourth-order valence-electron chi connectivity index (χ4n) is 3.86. The van der Waals surface area contributed by atoms with Gasteiger partial charge in [-0.15, -0.1) is 0 Å². The maximum atomic E-state index is 12.0. The van der Waals surface area contributed by atoms with Crippen LogP contribution in [0.4, 0.5) is 5.95 Å². The van der Waals surface area contributed by atoms with Crippen LogP contribution in [0.2, 0.25) is 0 Å². The Morgan fingerprint density at radius 3 is 2.69 bits per heavy atom. The summed E-state index contributed by atoms with van der Waals surface area (Å²) >= 11 is 0. The van der Waals surface area contributed by atoms with Gasteiger partial charge >= 0.3 is 0 Å². The van der Waals surface area contributed by atoms with E-state index in [4.69, 9.17) is 15.5 Å². The molecule has 188 valence electrons. The van der Waals surface area contributed by atoms with Gasteiger partial charge in [0.2, 0.25) is 16.0 Å². The van der Waals surface area contributed by atoms with E-state index in [0.29, 0.717) is 29.7 Å². The summed E-state index contributed by atoms with van der Waals surface area (Å²) in [5.74, 6) is 1.05. The number of ether oxygens (including phenoxy) is 1. The number of anilines is 1. The first kappa shape index (κ1) is 24.3. The second kappa shape index (κ2) is 10.3. The molecular formula is C24H28N8O3S. The van der Waals surface area contributed by atoms with E-state index in [1.807, 2.05) is 36.4 Å². The lowest BCUT2D eigenvalue weighted by atomic mass is 10.0. The van der Waals surface area contributed by atoms with Gasteiger partial charge in [-0.2, -0.15) is 0 Å². The highest BCUT2D eigenvalue weighted by Crippen LogP contribution is 2.31. The van der Waals surface area contributed by atoms with Crippen LogP contribution in [0.25, 0.3) is 28.3 Å². The molecule has 1 fully saturated rings. The van der Waals surface area contributed by atoms with Crippen molar-refractivity contribution in [2.24, 2.45) is 10.7 Å². The number of methoxy groups -OCH3 is 1. The van der Waals surface area contributed by atoms with Crippen LogP contribution in [0.5, 0.6) is 0 Å². The Kier molecular flexibility index (Phi) is 6.92. The number of H-pyrrole nitrogens is 1. The number of nitrogens with two attached hydrogens (primary N) is 1. The van der Waals surface area contributed by atoms with Crippen molar-refractivity contribution in [1.29, 1.82) is 0 Å². The molecule has 36 heavy (non-hydrogen) atoms. The maximum absolute atomic E-state index is 12.0. The van der Waals surface area contributed by atoms with Crippen LogP contribution in [0.3, 0.4) is 0 Å². The molecule has 12 heteroatoms. The molecule has 2 unspecified atom stereocenters. The largest absolute Gasteiger partial charge is 0.374 e. The summed E-state index contributed by atoms with van der Waals surface area (Å²) < 4.78 is 32.1. The smallest absolute Gasteiger partial charge is 0.223 e. The minimum atomic E-state index is -3.23. The molecule has 5 N–H and O–H groups in total. The van der Waals surface area contributed by atoms with Crippen LogP contribution in [-0.4, -0.2) is 72.3 Å². The fraction of sp³-hybridized carbons (Fsp3) is 0.333. The molecule has 1 aromatic carbocycles. The number of rotatable bonds is 10.